The number of benzene rings is 2. The van der Waals surface area contributed by atoms with Crippen LogP contribution in [0.15, 0.2) is 41.6 Å². The van der Waals surface area contributed by atoms with Crippen molar-refractivity contribution in [3.8, 4) is 0 Å². The van der Waals surface area contributed by atoms with E-state index in [1.54, 1.807) is 0 Å². The molecule has 2 rings (SSSR count). The Hall–Kier alpha value is -1.83. The second-order valence-corrected chi connectivity index (χ2v) is 3.35. The highest BCUT2D eigenvalue weighted by molar-refractivity contribution is 5.90. The molecule has 0 amide bonds. The average molecular weight is 185 g/mol. The van der Waals surface area contributed by atoms with Crippen molar-refractivity contribution in [1.29, 1.82) is 0 Å². The third kappa shape index (κ3) is 1.59. The van der Waals surface area contributed by atoms with E-state index in [9.17, 15) is 0 Å². The van der Waals surface area contributed by atoms with Gasteiger partial charge in [0.25, 0.3) is 0 Å². The predicted octanol–water partition coefficient (Wildman–Crippen LogP) is 2.96. The summed E-state index contributed by atoms with van der Waals surface area (Å²) in [5, 5.41) is 13.8. The Labute approximate surface area is 82.5 Å². The summed E-state index contributed by atoms with van der Waals surface area (Å²) in [7, 11) is 0. The second kappa shape index (κ2) is 3.50. The van der Waals surface area contributed by atoms with Crippen LogP contribution in [-0.2, 0) is 0 Å². The van der Waals surface area contributed by atoms with Crippen molar-refractivity contribution in [2.45, 2.75) is 6.92 Å². The van der Waals surface area contributed by atoms with Gasteiger partial charge in [0, 0.05) is 0 Å². The van der Waals surface area contributed by atoms with Gasteiger partial charge in [0.05, 0.1) is 6.21 Å². The highest BCUT2D eigenvalue weighted by atomic mass is 16.4. The van der Waals surface area contributed by atoms with Crippen molar-refractivity contribution < 1.29 is 5.21 Å². The second-order valence-electron chi connectivity index (χ2n) is 3.35. The summed E-state index contributed by atoms with van der Waals surface area (Å²) in [6.07, 6.45) is 1.43. The van der Waals surface area contributed by atoms with Crippen LogP contribution < -0.4 is 0 Å². The van der Waals surface area contributed by atoms with Gasteiger partial charge in [-0.15, -0.1) is 0 Å². The van der Waals surface area contributed by atoms with Gasteiger partial charge in [-0.05, 0) is 29.3 Å². The van der Waals surface area contributed by atoms with Crippen LogP contribution in [0.1, 0.15) is 11.1 Å². The van der Waals surface area contributed by atoms with E-state index in [0.717, 1.165) is 10.9 Å². The van der Waals surface area contributed by atoms with E-state index in [1.807, 2.05) is 18.2 Å². The van der Waals surface area contributed by atoms with E-state index in [4.69, 9.17) is 5.21 Å². The Bertz CT molecular complexity index is 489. The molecule has 2 aromatic rings. The molecule has 2 heteroatoms. The van der Waals surface area contributed by atoms with Crippen molar-refractivity contribution >= 4 is 17.0 Å². The van der Waals surface area contributed by atoms with Gasteiger partial charge >= 0.3 is 0 Å². The smallest absolute Gasteiger partial charge is 0.0734 e. The van der Waals surface area contributed by atoms with E-state index >= 15 is 0 Å². The summed E-state index contributed by atoms with van der Waals surface area (Å²) in [5.74, 6) is 0. The number of oxime groups is 1. The summed E-state index contributed by atoms with van der Waals surface area (Å²) in [6, 6.07) is 12.2. The molecule has 0 spiro atoms. The zero-order chi connectivity index (χ0) is 9.97. The molecule has 0 aliphatic heterocycles. The zero-order valence-electron chi connectivity index (χ0n) is 7.94. The van der Waals surface area contributed by atoms with E-state index in [1.165, 1.54) is 17.2 Å². The van der Waals surface area contributed by atoms with Crippen LogP contribution in [-0.4, -0.2) is 11.4 Å². The Morgan fingerprint density at radius 2 is 1.79 bits per heavy atom. The fourth-order valence-electron chi connectivity index (χ4n) is 1.53. The number of rotatable bonds is 1. The maximum Gasteiger partial charge on any atom is 0.0734 e. The first-order valence-corrected chi connectivity index (χ1v) is 4.47. The fraction of sp³-hybridized carbons (Fsp3) is 0.0833. The highest BCUT2D eigenvalue weighted by Gasteiger charge is 1.94. The topological polar surface area (TPSA) is 32.6 Å². The quantitative estimate of drug-likeness (QED) is 0.413. The molecule has 1 N–H and O–H groups in total. The molecule has 0 saturated heterocycles. The van der Waals surface area contributed by atoms with E-state index < -0.39 is 0 Å². The van der Waals surface area contributed by atoms with Crippen LogP contribution in [0.5, 0.6) is 0 Å². The van der Waals surface area contributed by atoms with Gasteiger partial charge < -0.3 is 5.21 Å². The lowest BCUT2D eigenvalue weighted by molar-refractivity contribution is 0.322. The average Bonchev–Trinajstić information content (AvgIpc) is 2.19. The predicted molar refractivity (Wildman–Crippen MR) is 58.1 cm³/mol. The van der Waals surface area contributed by atoms with Gasteiger partial charge in [-0.3, -0.25) is 0 Å². The number of aryl methyl sites for hydroxylation is 1. The molecule has 0 bridgehead atoms. The molecule has 0 aromatic heterocycles. The van der Waals surface area contributed by atoms with Crippen LogP contribution >= 0.6 is 0 Å². The van der Waals surface area contributed by atoms with Crippen molar-refractivity contribution in [3.05, 3.63) is 47.5 Å². The monoisotopic (exact) mass is 185 g/mol. The number of hydrogen-bond donors (Lipinski definition) is 1. The summed E-state index contributed by atoms with van der Waals surface area (Å²) in [5.41, 5.74) is 2.16. The molecule has 2 nitrogen and oxygen atoms in total. The zero-order valence-corrected chi connectivity index (χ0v) is 7.94. The normalized spacial score (nSPS) is 11.2. The van der Waals surface area contributed by atoms with Crippen LogP contribution in [0.25, 0.3) is 10.8 Å². The molecule has 0 atom stereocenters. The van der Waals surface area contributed by atoms with Crippen LogP contribution in [0.4, 0.5) is 0 Å². The molecule has 0 aliphatic rings. The van der Waals surface area contributed by atoms with Crippen molar-refractivity contribution in [1.82, 2.24) is 0 Å². The number of nitrogens with zero attached hydrogens (tertiary/aromatic N) is 1. The Morgan fingerprint density at radius 3 is 2.57 bits per heavy atom. The van der Waals surface area contributed by atoms with E-state index in [-0.39, 0.29) is 0 Å². The molecule has 70 valence electrons. The molecule has 0 fully saturated rings. The van der Waals surface area contributed by atoms with Crippen LogP contribution in [0.2, 0.25) is 0 Å². The van der Waals surface area contributed by atoms with E-state index in [2.05, 4.69) is 30.3 Å². The maximum atomic E-state index is 8.41. The SMILES string of the molecule is Cc1ccc2cc(C=NO)ccc2c1. The molecule has 14 heavy (non-hydrogen) atoms. The lowest BCUT2D eigenvalue weighted by Gasteiger charge is -2.00. The molecule has 0 saturated carbocycles. The molecular weight excluding hydrogens is 174 g/mol. The minimum Gasteiger partial charge on any atom is -0.411 e. The summed E-state index contributed by atoms with van der Waals surface area (Å²) in [4.78, 5) is 0. The first kappa shape index (κ1) is 8.75. The number of fused-ring (bicyclic) bond motifs is 1. The minimum atomic E-state index is 0.906. The van der Waals surface area contributed by atoms with Gasteiger partial charge in [-0.2, -0.15) is 0 Å². The Morgan fingerprint density at radius 1 is 1.07 bits per heavy atom. The molecule has 0 aliphatic carbocycles. The van der Waals surface area contributed by atoms with E-state index in [0.29, 0.717) is 0 Å². The van der Waals surface area contributed by atoms with Crippen LogP contribution in [0.3, 0.4) is 0 Å². The van der Waals surface area contributed by atoms with Crippen molar-refractivity contribution in [2.75, 3.05) is 0 Å². The van der Waals surface area contributed by atoms with Gasteiger partial charge in [0.2, 0.25) is 0 Å². The lowest BCUT2D eigenvalue weighted by Crippen LogP contribution is -1.82. The Kier molecular flexibility index (Phi) is 2.19. The minimum absolute atomic E-state index is 0.906. The third-order valence-electron chi connectivity index (χ3n) is 2.23. The number of hydrogen-bond acceptors (Lipinski definition) is 2. The first-order valence-electron chi connectivity index (χ1n) is 4.47. The summed E-state index contributed by atoms with van der Waals surface area (Å²) < 4.78 is 0. The summed E-state index contributed by atoms with van der Waals surface area (Å²) in [6.45, 7) is 2.07. The van der Waals surface area contributed by atoms with Crippen LogP contribution in [0, 0.1) is 6.92 Å². The first-order chi connectivity index (χ1) is 6.79. The van der Waals surface area contributed by atoms with Gasteiger partial charge in [-0.1, -0.05) is 41.1 Å². The molecule has 0 heterocycles. The Balaban J connectivity index is 2.61. The lowest BCUT2D eigenvalue weighted by atomic mass is 10.1. The fourth-order valence-corrected chi connectivity index (χ4v) is 1.53. The molecule has 0 radical (unpaired) electrons. The molecule has 2 aromatic carbocycles. The van der Waals surface area contributed by atoms with Crippen molar-refractivity contribution in [2.24, 2.45) is 5.16 Å². The highest BCUT2D eigenvalue weighted by Crippen LogP contribution is 2.16. The van der Waals surface area contributed by atoms with Gasteiger partial charge in [-0.25, -0.2) is 0 Å². The van der Waals surface area contributed by atoms with Gasteiger partial charge in [0.1, 0.15) is 0 Å². The third-order valence-corrected chi connectivity index (χ3v) is 2.23. The van der Waals surface area contributed by atoms with Gasteiger partial charge in [0.15, 0.2) is 0 Å². The standard InChI is InChI=1S/C12H11NO/c1-9-2-4-12-7-10(8-13-14)3-5-11(12)6-9/h2-8,14H,1H3. The summed E-state index contributed by atoms with van der Waals surface area (Å²) >= 11 is 0. The van der Waals surface area contributed by atoms with Crippen molar-refractivity contribution in [3.63, 3.8) is 0 Å². The largest absolute Gasteiger partial charge is 0.411 e. The maximum absolute atomic E-state index is 8.41. The molecular formula is C12H11NO. The molecule has 0 unspecified atom stereocenters.